The maximum Gasteiger partial charge on any atom is 0.335 e. The van der Waals surface area contributed by atoms with E-state index in [-0.39, 0.29) is 12.5 Å². The molecule has 1 saturated heterocycles. The Morgan fingerprint density at radius 3 is 2.87 bits per heavy atom. The Hall–Kier alpha value is -0.650. The van der Waals surface area contributed by atoms with E-state index in [0.717, 1.165) is 0 Å². The molecule has 15 heavy (non-hydrogen) atoms. The van der Waals surface area contributed by atoms with E-state index in [1.54, 1.807) is 6.92 Å². The first kappa shape index (κ1) is 12.4. The number of ether oxygens (including phenoxy) is 3. The standard InChI is InChI=1S/C10H18O5/c1-3-13-9(12)8(11)7-5-6-15-10(7)14-4-2/h7-8,10-11H,3-6H2,1-2H3. The highest BCUT2D eigenvalue weighted by atomic mass is 16.7. The highest BCUT2D eigenvalue weighted by Gasteiger charge is 2.38. The molecule has 0 radical (unpaired) electrons. The molecular weight excluding hydrogens is 200 g/mol. The van der Waals surface area contributed by atoms with Crippen molar-refractivity contribution in [3.05, 3.63) is 0 Å². The Balaban J connectivity index is 2.49. The molecule has 88 valence electrons. The first-order valence-corrected chi connectivity index (χ1v) is 5.28. The number of aliphatic hydroxyl groups is 1. The zero-order chi connectivity index (χ0) is 11.3. The lowest BCUT2D eigenvalue weighted by molar-refractivity contribution is -0.172. The van der Waals surface area contributed by atoms with Crippen LogP contribution in [0.2, 0.25) is 0 Å². The maximum atomic E-state index is 11.3. The lowest BCUT2D eigenvalue weighted by Crippen LogP contribution is -2.37. The Morgan fingerprint density at radius 2 is 2.27 bits per heavy atom. The monoisotopic (exact) mass is 218 g/mol. The van der Waals surface area contributed by atoms with E-state index < -0.39 is 18.4 Å². The van der Waals surface area contributed by atoms with Gasteiger partial charge >= 0.3 is 5.97 Å². The van der Waals surface area contributed by atoms with Crippen LogP contribution >= 0.6 is 0 Å². The number of rotatable bonds is 5. The summed E-state index contributed by atoms with van der Waals surface area (Å²) >= 11 is 0. The predicted octanol–water partition coefficient (Wildman–Crippen LogP) is 0.309. The minimum Gasteiger partial charge on any atom is -0.464 e. The molecular formula is C10H18O5. The highest BCUT2D eigenvalue weighted by Crippen LogP contribution is 2.25. The molecule has 0 spiro atoms. The Kier molecular flexibility index (Phi) is 5.01. The molecule has 0 aliphatic carbocycles. The van der Waals surface area contributed by atoms with Gasteiger partial charge in [-0.05, 0) is 20.3 Å². The van der Waals surface area contributed by atoms with Crippen LogP contribution in [0.25, 0.3) is 0 Å². The zero-order valence-corrected chi connectivity index (χ0v) is 9.14. The topological polar surface area (TPSA) is 65.0 Å². The number of carbonyl (C=O) groups is 1. The normalized spacial score (nSPS) is 27.7. The van der Waals surface area contributed by atoms with Crippen LogP contribution in [0.15, 0.2) is 0 Å². The fourth-order valence-corrected chi connectivity index (χ4v) is 1.63. The molecule has 1 rings (SSSR count). The first-order valence-electron chi connectivity index (χ1n) is 5.28. The van der Waals surface area contributed by atoms with Crippen molar-refractivity contribution >= 4 is 5.97 Å². The summed E-state index contributed by atoms with van der Waals surface area (Å²) in [6.07, 6.45) is -1.02. The quantitative estimate of drug-likeness (QED) is 0.673. The van der Waals surface area contributed by atoms with Crippen LogP contribution in [-0.4, -0.2) is 43.3 Å². The zero-order valence-electron chi connectivity index (χ0n) is 9.14. The van der Waals surface area contributed by atoms with E-state index in [1.807, 2.05) is 6.92 Å². The lowest BCUT2D eigenvalue weighted by atomic mass is 10.0. The summed E-state index contributed by atoms with van der Waals surface area (Å²) in [7, 11) is 0. The SMILES string of the molecule is CCOC(=O)C(O)C1CCOC1OCC. The molecule has 5 nitrogen and oxygen atoms in total. The van der Waals surface area contributed by atoms with Crippen molar-refractivity contribution in [1.29, 1.82) is 0 Å². The van der Waals surface area contributed by atoms with Crippen LogP contribution < -0.4 is 0 Å². The van der Waals surface area contributed by atoms with Crippen molar-refractivity contribution in [2.75, 3.05) is 19.8 Å². The molecule has 1 heterocycles. The van der Waals surface area contributed by atoms with Crippen molar-refractivity contribution < 1.29 is 24.1 Å². The van der Waals surface area contributed by atoms with Crippen LogP contribution in [0, 0.1) is 5.92 Å². The van der Waals surface area contributed by atoms with Gasteiger partial charge in [-0.1, -0.05) is 0 Å². The van der Waals surface area contributed by atoms with Gasteiger partial charge in [0.25, 0.3) is 0 Å². The van der Waals surface area contributed by atoms with E-state index in [0.29, 0.717) is 19.6 Å². The summed E-state index contributed by atoms with van der Waals surface area (Å²) in [6.45, 7) is 4.82. The second-order valence-corrected chi connectivity index (χ2v) is 3.34. The minimum absolute atomic E-state index is 0.267. The summed E-state index contributed by atoms with van der Waals surface area (Å²) < 4.78 is 15.3. The fourth-order valence-electron chi connectivity index (χ4n) is 1.63. The molecule has 0 aromatic rings. The van der Waals surface area contributed by atoms with Crippen LogP contribution in [0.3, 0.4) is 0 Å². The molecule has 0 aromatic heterocycles. The van der Waals surface area contributed by atoms with E-state index in [4.69, 9.17) is 14.2 Å². The van der Waals surface area contributed by atoms with E-state index in [9.17, 15) is 9.90 Å². The van der Waals surface area contributed by atoms with Crippen LogP contribution in [0.5, 0.6) is 0 Å². The second kappa shape index (κ2) is 6.05. The highest BCUT2D eigenvalue weighted by molar-refractivity contribution is 5.74. The first-order chi connectivity index (χ1) is 7.20. The van der Waals surface area contributed by atoms with Gasteiger partial charge in [0.1, 0.15) is 0 Å². The van der Waals surface area contributed by atoms with Crippen LogP contribution in [0.4, 0.5) is 0 Å². The number of esters is 1. The summed E-state index contributed by atoms with van der Waals surface area (Å²) in [5.74, 6) is -0.915. The van der Waals surface area contributed by atoms with Gasteiger partial charge < -0.3 is 19.3 Å². The molecule has 0 bridgehead atoms. The Morgan fingerprint density at radius 1 is 1.53 bits per heavy atom. The van der Waals surface area contributed by atoms with Crippen molar-refractivity contribution in [3.63, 3.8) is 0 Å². The van der Waals surface area contributed by atoms with Gasteiger partial charge in [0.15, 0.2) is 12.4 Å². The largest absolute Gasteiger partial charge is 0.464 e. The molecule has 1 N–H and O–H groups in total. The van der Waals surface area contributed by atoms with Gasteiger partial charge in [-0.15, -0.1) is 0 Å². The number of aliphatic hydroxyl groups excluding tert-OH is 1. The minimum atomic E-state index is -1.15. The van der Waals surface area contributed by atoms with Crippen molar-refractivity contribution in [2.45, 2.75) is 32.7 Å². The second-order valence-electron chi connectivity index (χ2n) is 3.34. The third-order valence-electron chi connectivity index (χ3n) is 2.35. The molecule has 1 fully saturated rings. The van der Waals surface area contributed by atoms with Gasteiger partial charge in [-0.25, -0.2) is 4.79 Å². The number of hydrogen-bond acceptors (Lipinski definition) is 5. The smallest absolute Gasteiger partial charge is 0.335 e. The molecule has 1 aliphatic rings. The van der Waals surface area contributed by atoms with Crippen molar-refractivity contribution in [2.24, 2.45) is 5.92 Å². The molecule has 1 aliphatic heterocycles. The van der Waals surface area contributed by atoms with E-state index in [1.165, 1.54) is 0 Å². The predicted molar refractivity (Wildman–Crippen MR) is 52.1 cm³/mol. The molecule has 5 heteroatoms. The molecule has 3 unspecified atom stereocenters. The molecule has 0 saturated carbocycles. The summed E-state index contributed by atoms with van der Waals surface area (Å²) in [5, 5.41) is 9.71. The summed E-state index contributed by atoms with van der Waals surface area (Å²) in [6, 6.07) is 0. The summed E-state index contributed by atoms with van der Waals surface area (Å²) in [4.78, 5) is 11.3. The third kappa shape index (κ3) is 3.15. The fraction of sp³-hybridized carbons (Fsp3) is 0.900. The van der Waals surface area contributed by atoms with E-state index >= 15 is 0 Å². The molecule has 0 aromatic carbocycles. The summed E-state index contributed by atoms with van der Waals surface area (Å²) in [5.41, 5.74) is 0. The van der Waals surface area contributed by atoms with Gasteiger partial charge in [-0.2, -0.15) is 0 Å². The lowest BCUT2D eigenvalue weighted by Gasteiger charge is -2.21. The van der Waals surface area contributed by atoms with Crippen molar-refractivity contribution in [1.82, 2.24) is 0 Å². The Bertz CT molecular complexity index is 206. The van der Waals surface area contributed by atoms with E-state index in [2.05, 4.69) is 0 Å². The average Bonchev–Trinajstić information content (AvgIpc) is 2.66. The van der Waals surface area contributed by atoms with Gasteiger partial charge in [-0.3, -0.25) is 0 Å². The molecule has 0 amide bonds. The van der Waals surface area contributed by atoms with Crippen LogP contribution in [-0.2, 0) is 19.0 Å². The van der Waals surface area contributed by atoms with Gasteiger partial charge in [0, 0.05) is 12.5 Å². The van der Waals surface area contributed by atoms with Crippen LogP contribution in [0.1, 0.15) is 20.3 Å². The average molecular weight is 218 g/mol. The van der Waals surface area contributed by atoms with Gasteiger partial charge in [0.05, 0.1) is 13.2 Å². The number of hydrogen-bond donors (Lipinski definition) is 1. The third-order valence-corrected chi connectivity index (χ3v) is 2.35. The number of carbonyl (C=O) groups excluding carboxylic acids is 1. The van der Waals surface area contributed by atoms with Crippen molar-refractivity contribution in [3.8, 4) is 0 Å². The Labute approximate surface area is 89.3 Å². The molecule has 3 atom stereocenters. The van der Waals surface area contributed by atoms with Gasteiger partial charge in [0.2, 0.25) is 0 Å². The maximum absolute atomic E-state index is 11.3.